The van der Waals surface area contributed by atoms with Crippen molar-refractivity contribution < 1.29 is 27.5 Å². The Morgan fingerprint density at radius 3 is 2.57 bits per heavy atom. The van der Waals surface area contributed by atoms with Crippen LogP contribution in [0.1, 0.15) is 13.3 Å². The lowest BCUT2D eigenvalue weighted by Gasteiger charge is -2.22. The summed E-state index contributed by atoms with van der Waals surface area (Å²) in [6, 6.07) is 12.2. The monoisotopic (exact) mass is 410 g/mol. The summed E-state index contributed by atoms with van der Waals surface area (Å²) in [5.74, 6) is -0.991. The van der Waals surface area contributed by atoms with Crippen molar-refractivity contribution in [3.63, 3.8) is 0 Å². The molecule has 0 saturated carbocycles. The minimum atomic E-state index is -4.78. The molecule has 1 aliphatic heterocycles. The zero-order valence-corrected chi connectivity index (χ0v) is 15.6. The number of carbonyl (C=O) groups excluding carboxylic acids is 2. The molecule has 0 radical (unpaired) electrons. The van der Waals surface area contributed by atoms with Gasteiger partial charge in [0, 0.05) is 22.3 Å². The second kappa shape index (κ2) is 8.14. The fourth-order valence-electron chi connectivity index (χ4n) is 2.79. The van der Waals surface area contributed by atoms with Crippen molar-refractivity contribution in [2.24, 2.45) is 0 Å². The van der Waals surface area contributed by atoms with E-state index in [4.69, 9.17) is 0 Å². The fraction of sp³-hybridized carbons (Fsp3) is 0.263. The molecular formula is C19H17F3N2O3S. The van der Waals surface area contributed by atoms with E-state index in [9.17, 15) is 22.8 Å². The van der Waals surface area contributed by atoms with E-state index in [1.54, 1.807) is 23.9 Å². The van der Waals surface area contributed by atoms with Crippen LogP contribution in [0.3, 0.4) is 0 Å². The van der Waals surface area contributed by atoms with E-state index >= 15 is 0 Å². The van der Waals surface area contributed by atoms with Crippen molar-refractivity contribution in [2.75, 3.05) is 16.8 Å². The Bertz CT molecular complexity index is 871. The number of halogens is 3. The molecule has 0 aromatic heterocycles. The van der Waals surface area contributed by atoms with Gasteiger partial charge in [0.1, 0.15) is 12.3 Å². The topological polar surface area (TPSA) is 58.6 Å². The van der Waals surface area contributed by atoms with Crippen molar-refractivity contribution >= 4 is 35.0 Å². The number of para-hydroxylation sites is 1. The standard InChI is InChI=1S/C19H17F3N2O3S/c1-12-10-18(26)24(15-4-2-3-5-16(15)28-12)11-17(25)23-13-6-8-14(9-7-13)27-19(20,21)22/h2-9,12H,10-11H2,1H3,(H,23,25). The number of amides is 2. The molecule has 0 bridgehead atoms. The van der Waals surface area contributed by atoms with Crippen LogP contribution in [0.4, 0.5) is 24.5 Å². The maximum atomic E-state index is 12.6. The zero-order valence-electron chi connectivity index (χ0n) is 14.8. The van der Waals surface area contributed by atoms with Gasteiger partial charge in [-0.25, -0.2) is 0 Å². The van der Waals surface area contributed by atoms with Crippen LogP contribution in [0.2, 0.25) is 0 Å². The molecule has 0 spiro atoms. The van der Waals surface area contributed by atoms with E-state index in [1.807, 2.05) is 19.1 Å². The molecule has 1 heterocycles. The van der Waals surface area contributed by atoms with Gasteiger partial charge in [0.2, 0.25) is 11.8 Å². The second-order valence-electron chi connectivity index (χ2n) is 6.20. The Labute approximate surface area is 163 Å². The first-order valence-electron chi connectivity index (χ1n) is 8.43. The average molecular weight is 410 g/mol. The van der Waals surface area contributed by atoms with Gasteiger partial charge in [0.25, 0.3) is 0 Å². The van der Waals surface area contributed by atoms with Gasteiger partial charge in [-0.05, 0) is 36.4 Å². The van der Waals surface area contributed by atoms with Crippen LogP contribution >= 0.6 is 11.8 Å². The minimum Gasteiger partial charge on any atom is -0.406 e. The molecule has 1 N–H and O–H groups in total. The van der Waals surface area contributed by atoms with Gasteiger partial charge in [-0.3, -0.25) is 9.59 Å². The lowest BCUT2D eigenvalue weighted by molar-refractivity contribution is -0.274. The average Bonchev–Trinajstić information content (AvgIpc) is 2.71. The number of carbonyl (C=O) groups is 2. The van der Waals surface area contributed by atoms with E-state index in [0.29, 0.717) is 17.8 Å². The lowest BCUT2D eigenvalue weighted by atomic mass is 10.2. The van der Waals surface area contributed by atoms with Crippen molar-refractivity contribution in [2.45, 2.75) is 29.9 Å². The smallest absolute Gasteiger partial charge is 0.406 e. The number of fused-ring (bicyclic) bond motifs is 1. The molecule has 0 fully saturated rings. The Morgan fingerprint density at radius 1 is 1.21 bits per heavy atom. The second-order valence-corrected chi connectivity index (χ2v) is 7.68. The third-order valence-corrected chi connectivity index (χ3v) is 5.09. The molecular weight excluding hydrogens is 393 g/mol. The predicted molar refractivity (Wildman–Crippen MR) is 100 cm³/mol. The van der Waals surface area contributed by atoms with Gasteiger partial charge in [0.15, 0.2) is 0 Å². The summed E-state index contributed by atoms with van der Waals surface area (Å²) in [5.41, 5.74) is 0.976. The van der Waals surface area contributed by atoms with Crippen LogP contribution in [0, 0.1) is 0 Å². The highest BCUT2D eigenvalue weighted by atomic mass is 32.2. The van der Waals surface area contributed by atoms with Crippen LogP contribution in [-0.2, 0) is 9.59 Å². The number of nitrogens with one attached hydrogen (secondary N) is 1. The summed E-state index contributed by atoms with van der Waals surface area (Å²) in [4.78, 5) is 27.3. The van der Waals surface area contributed by atoms with Gasteiger partial charge >= 0.3 is 6.36 Å². The molecule has 148 valence electrons. The predicted octanol–water partition coefficient (Wildman–Crippen LogP) is 4.44. The summed E-state index contributed by atoms with van der Waals surface area (Å²) >= 11 is 1.58. The maximum absolute atomic E-state index is 12.6. The molecule has 2 amide bonds. The molecule has 1 atom stereocenters. The number of alkyl halides is 3. The Kier molecular flexibility index (Phi) is 5.83. The summed E-state index contributed by atoms with van der Waals surface area (Å²) in [7, 11) is 0. The number of thioether (sulfide) groups is 1. The normalized spacial score (nSPS) is 16.9. The molecule has 28 heavy (non-hydrogen) atoms. The Morgan fingerprint density at radius 2 is 1.89 bits per heavy atom. The molecule has 0 aliphatic carbocycles. The SMILES string of the molecule is CC1CC(=O)N(CC(=O)Nc2ccc(OC(F)(F)F)cc2)c2ccccc2S1. The first kappa shape index (κ1) is 20.1. The highest BCUT2D eigenvalue weighted by Gasteiger charge is 2.31. The van der Waals surface area contributed by atoms with Crippen molar-refractivity contribution in [3.05, 3.63) is 48.5 Å². The van der Waals surface area contributed by atoms with Gasteiger partial charge in [-0.15, -0.1) is 24.9 Å². The maximum Gasteiger partial charge on any atom is 0.573 e. The van der Waals surface area contributed by atoms with E-state index in [1.165, 1.54) is 17.0 Å². The number of rotatable bonds is 4. The van der Waals surface area contributed by atoms with E-state index < -0.39 is 12.3 Å². The van der Waals surface area contributed by atoms with Crippen LogP contribution < -0.4 is 15.0 Å². The molecule has 9 heteroatoms. The number of hydrogen-bond acceptors (Lipinski definition) is 4. The number of hydrogen-bond donors (Lipinski definition) is 1. The molecule has 0 saturated heterocycles. The molecule has 1 unspecified atom stereocenters. The number of benzene rings is 2. The van der Waals surface area contributed by atoms with E-state index in [0.717, 1.165) is 17.0 Å². The largest absolute Gasteiger partial charge is 0.573 e. The third kappa shape index (κ3) is 5.19. The first-order chi connectivity index (χ1) is 13.2. The third-order valence-electron chi connectivity index (χ3n) is 3.92. The summed E-state index contributed by atoms with van der Waals surface area (Å²) in [6.07, 6.45) is -4.48. The zero-order chi connectivity index (χ0) is 20.3. The Balaban J connectivity index is 1.69. The highest BCUT2D eigenvalue weighted by Crippen LogP contribution is 2.37. The van der Waals surface area contributed by atoms with Gasteiger partial charge in [-0.1, -0.05) is 19.1 Å². The van der Waals surface area contributed by atoms with Gasteiger partial charge < -0.3 is 15.0 Å². The van der Waals surface area contributed by atoms with Gasteiger partial charge in [0.05, 0.1) is 5.69 Å². The fourth-order valence-corrected chi connectivity index (χ4v) is 3.90. The number of nitrogens with zero attached hydrogens (tertiary/aromatic N) is 1. The molecule has 3 rings (SSSR count). The Hall–Kier alpha value is -2.68. The molecule has 2 aromatic carbocycles. The molecule has 5 nitrogen and oxygen atoms in total. The van der Waals surface area contributed by atoms with Crippen molar-refractivity contribution in [1.29, 1.82) is 0 Å². The lowest BCUT2D eigenvalue weighted by Crippen LogP contribution is -2.38. The van der Waals surface area contributed by atoms with Crippen molar-refractivity contribution in [1.82, 2.24) is 0 Å². The van der Waals surface area contributed by atoms with Crippen LogP contribution in [0.15, 0.2) is 53.4 Å². The molecule has 1 aliphatic rings. The van der Waals surface area contributed by atoms with E-state index in [-0.39, 0.29) is 23.5 Å². The first-order valence-corrected chi connectivity index (χ1v) is 9.31. The van der Waals surface area contributed by atoms with Crippen LogP contribution in [-0.4, -0.2) is 30.0 Å². The van der Waals surface area contributed by atoms with Crippen LogP contribution in [0.5, 0.6) is 5.75 Å². The summed E-state index contributed by atoms with van der Waals surface area (Å²) in [5, 5.41) is 2.67. The van der Waals surface area contributed by atoms with Crippen molar-refractivity contribution in [3.8, 4) is 5.75 Å². The van der Waals surface area contributed by atoms with Crippen LogP contribution in [0.25, 0.3) is 0 Å². The number of ether oxygens (including phenoxy) is 1. The molecule has 2 aromatic rings. The quantitative estimate of drug-likeness (QED) is 0.810. The minimum absolute atomic E-state index is 0.0860. The number of anilines is 2. The van der Waals surface area contributed by atoms with E-state index in [2.05, 4.69) is 10.1 Å². The highest BCUT2D eigenvalue weighted by molar-refractivity contribution is 8.00. The summed E-state index contributed by atoms with van der Waals surface area (Å²) in [6.45, 7) is 1.76. The van der Waals surface area contributed by atoms with Gasteiger partial charge in [-0.2, -0.15) is 0 Å². The summed E-state index contributed by atoms with van der Waals surface area (Å²) < 4.78 is 40.4.